The Morgan fingerprint density at radius 3 is 2.44 bits per heavy atom. The van der Waals surface area contributed by atoms with E-state index in [0.717, 1.165) is 47.8 Å². The molecule has 0 aromatic heterocycles. The lowest BCUT2D eigenvalue weighted by Crippen LogP contribution is -2.48. The highest BCUT2D eigenvalue weighted by Gasteiger charge is 2.37. The lowest BCUT2D eigenvalue weighted by molar-refractivity contribution is -0.140. The number of carbonyl (C=O) groups excluding carboxylic acids is 3. The monoisotopic (exact) mass is 629 g/mol. The second-order valence-corrected chi connectivity index (χ2v) is 11.9. The first-order valence-electron chi connectivity index (χ1n) is 15.2. The van der Waals surface area contributed by atoms with Gasteiger partial charge in [-0.15, -0.1) is 0 Å². The van der Waals surface area contributed by atoms with Gasteiger partial charge in [0.05, 0.1) is 18.7 Å². The van der Waals surface area contributed by atoms with Crippen molar-refractivity contribution in [1.82, 2.24) is 14.7 Å². The first kappa shape index (κ1) is 30.7. The third-order valence-electron chi connectivity index (χ3n) is 8.59. The molecule has 3 heterocycles. The highest BCUT2D eigenvalue weighted by molar-refractivity contribution is 6.30. The largest absolute Gasteiger partial charge is 0.463 e. The van der Waals surface area contributed by atoms with Crippen molar-refractivity contribution in [1.29, 1.82) is 0 Å². The number of allylic oxidation sites excluding steroid dienone is 1. The zero-order valence-corrected chi connectivity index (χ0v) is 26.2. The zero-order chi connectivity index (χ0) is 31.5. The topological polar surface area (TPSA) is 88.6 Å². The SMILES string of the molecule is CCOC(=O)C1=C(C)N(Cc2cccc(C(=O)N3CCN(Cc4ccc5c(c4)OCO5)CC3)c2)C(=O)CC1c1cccc(Cl)c1. The maximum atomic E-state index is 13.5. The fourth-order valence-electron chi connectivity index (χ4n) is 6.26. The van der Waals surface area contributed by atoms with E-state index in [1.54, 1.807) is 30.9 Å². The van der Waals surface area contributed by atoms with E-state index in [1.807, 2.05) is 59.5 Å². The van der Waals surface area contributed by atoms with E-state index in [9.17, 15) is 14.4 Å². The van der Waals surface area contributed by atoms with Gasteiger partial charge in [-0.2, -0.15) is 0 Å². The number of esters is 1. The second kappa shape index (κ2) is 13.3. The Bertz CT molecular complexity index is 1650. The summed E-state index contributed by atoms with van der Waals surface area (Å²) in [6.45, 7) is 7.79. The van der Waals surface area contributed by atoms with Gasteiger partial charge >= 0.3 is 5.97 Å². The van der Waals surface area contributed by atoms with Crippen LogP contribution in [0, 0.1) is 0 Å². The van der Waals surface area contributed by atoms with E-state index < -0.39 is 11.9 Å². The number of ether oxygens (including phenoxy) is 3. The van der Waals surface area contributed by atoms with Gasteiger partial charge in [-0.05, 0) is 66.9 Å². The summed E-state index contributed by atoms with van der Waals surface area (Å²) in [5.41, 5.74) is 4.31. The molecule has 234 valence electrons. The van der Waals surface area contributed by atoms with Crippen LogP contribution in [0.4, 0.5) is 0 Å². The summed E-state index contributed by atoms with van der Waals surface area (Å²) < 4.78 is 16.3. The van der Waals surface area contributed by atoms with Crippen LogP contribution < -0.4 is 9.47 Å². The molecule has 3 aromatic carbocycles. The number of rotatable bonds is 8. The fourth-order valence-corrected chi connectivity index (χ4v) is 6.46. The number of benzene rings is 3. The third-order valence-corrected chi connectivity index (χ3v) is 8.82. The maximum absolute atomic E-state index is 13.5. The molecule has 0 spiro atoms. The molecule has 0 aliphatic carbocycles. The summed E-state index contributed by atoms with van der Waals surface area (Å²) in [4.78, 5) is 46.0. The van der Waals surface area contributed by atoms with Crippen LogP contribution in [0.15, 0.2) is 78.0 Å². The van der Waals surface area contributed by atoms with Crippen molar-refractivity contribution in [3.8, 4) is 11.5 Å². The first-order valence-corrected chi connectivity index (χ1v) is 15.6. The molecule has 10 heteroatoms. The Morgan fingerprint density at radius 2 is 1.67 bits per heavy atom. The number of piperazine rings is 1. The molecule has 0 saturated carbocycles. The van der Waals surface area contributed by atoms with Crippen molar-refractivity contribution in [2.24, 2.45) is 0 Å². The van der Waals surface area contributed by atoms with Crippen LogP contribution >= 0.6 is 11.6 Å². The van der Waals surface area contributed by atoms with Gasteiger partial charge < -0.3 is 24.0 Å². The quantitative estimate of drug-likeness (QED) is 0.309. The van der Waals surface area contributed by atoms with E-state index in [1.165, 1.54) is 0 Å². The number of carbonyl (C=O) groups is 3. The van der Waals surface area contributed by atoms with Crippen LogP contribution in [0.25, 0.3) is 0 Å². The van der Waals surface area contributed by atoms with Gasteiger partial charge in [0.2, 0.25) is 12.7 Å². The molecule has 0 radical (unpaired) electrons. The van der Waals surface area contributed by atoms with Crippen molar-refractivity contribution in [2.45, 2.75) is 39.3 Å². The average molecular weight is 630 g/mol. The molecule has 1 fully saturated rings. The van der Waals surface area contributed by atoms with Gasteiger partial charge in [-0.3, -0.25) is 14.5 Å². The molecule has 0 N–H and O–H groups in total. The summed E-state index contributed by atoms with van der Waals surface area (Å²) in [6, 6.07) is 20.6. The summed E-state index contributed by atoms with van der Waals surface area (Å²) in [6.07, 6.45) is 0.112. The molecule has 3 aliphatic rings. The van der Waals surface area contributed by atoms with Gasteiger partial charge in [-0.1, -0.05) is 41.9 Å². The van der Waals surface area contributed by atoms with Gasteiger partial charge in [0, 0.05) is 61.3 Å². The number of amides is 2. The molecule has 1 unspecified atom stereocenters. The summed E-state index contributed by atoms with van der Waals surface area (Å²) in [5.74, 6) is 0.498. The molecule has 45 heavy (non-hydrogen) atoms. The summed E-state index contributed by atoms with van der Waals surface area (Å²) >= 11 is 6.25. The van der Waals surface area contributed by atoms with Crippen molar-refractivity contribution in [3.05, 3.63) is 105 Å². The van der Waals surface area contributed by atoms with Crippen LogP contribution in [-0.4, -0.2) is 72.1 Å². The second-order valence-electron chi connectivity index (χ2n) is 11.5. The average Bonchev–Trinajstić information content (AvgIpc) is 3.51. The van der Waals surface area contributed by atoms with Gasteiger partial charge in [-0.25, -0.2) is 4.79 Å². The van der Waals surface area contributed by atoms with Gasteiger partial charge in [0.25, 0.3) is 5.91 Å². The van der Waals surface area contributed by atoms with Crippen LogP contribution in [0.5, 0.6) is 11.5 Å². The minimum absolute atomic E-state index is 0.0370. The number of hydrogen-bond acceptors (Lipinski definition) is 7. The Morgan fingerprint density at radius 1 is 0.911 bits per heavy atom. The molecular formula is C35H36ClN3O6. The highest BCUT2D eigenvalue weighted by Crippen LogP contribution is 2.38. The lowest BCUT2D eigenvalue weighted by atomic mass is 9.83. The van der Waals surface area contributed by atoms with E-state index in [0.29, 0.717) is 34.9 Å². The predicted molar refractivity (Wildman–Crippen MR) is 169 cm³/mol. The van der Waals surface area contributed by atoms with Gasteiger partial charge in [0.15, 0.2) is 11.5 Å². The first-order chi connectivity index (χ1) is 21.8. The van der Waals surface area contributed by atoms with Crippen molar-refractivity contribution in [3.63, 3.8) is 0 Å². The Balaban J connectivity index is 1.13. The van der Waals surface area contributed by atoms with Crippen molar-refractivity contribution >= 4 is 29.4 Å². The minimum Gasteiger partial charge on any atom is -0.463 e. The lowest BCUT2D eigenvalue weighted by Gasteiger charge is -2.35. The van der Waals surface area contributed by atoms with Crippen molar-refractivity contribution < 1.29 is 28.6 Å². The summed E-state index contributed by atoms with van der Waals surface area (Å²) in [7, 11) is 0. The van der Waals surface area contributed by atoms with Crippen LogP contribution in [-0.2, 0) is 27.4 Å². The minimum atomic E-state index is -0.455. The predicted octanol–water partition coefficient (Wildman–Crippen LogP) is 5.38. The molecule has 0 bridgehead atoms. The molecular weight excluding hydrogens is 594 g/mol. The summed E-state index contributed by atoms with van der Waals surface area (Å²) in [5, 5.41) is 0.538. The van der Waals surface area contributed by atoms with Crippen LogP contribution in [0.1, 0.15) is 53.2 Å². The van der Waals surface area contributed by atoms with E-state index in [2.05, 4.69) is 4.90 Å². The number of halogens is 1. The molecule has 3 aliphatic heterocycles. The molecule has 1 saturated heterocycles. The molecule has 3 aromatic rings. The third kappa shape index (κ3) is 6.70. The number of nitrogens with zero attached hydrogens (tertiary/aromatic N) is 3. The zero-order valence-electron chi connectivity index (χ0n) is 25.5. The van der Waals surface area contributed by atoms with E-state index >= 15 is 0 Å². The Hall–Kier alpha value is -4.34. The standard InChI is InChI=1S/C35H36ClN3O6/c1-3-43-35(42)33-23(2)39(32(40)19-29(33)26-7-5-9-28(36)18-26)21-24-6-4-8-27(16-24)34(41)38-14-12-37(13-15-38)20-25-10-11-30-31(17-25)45-22-44-30/h4-11,16-18,29H,3,12-15,19-22H2,1-2H3. The van der Waals surface area contributed by atoms with Gasteiger partial charge in [0.1, 0.15) is 0 Å². The number of hydrogen-bond donors (Lipinski definition) is 0. The molecule has 2 amide bonds. The Kier molecular flexibility index (Phi) is 9.09. The number of fused-ring (bicyclic) bond motifs is 1. The van der Waals surface area contributed by atoms with Crippen molar-refractivity contribution in [2.75, 3.05) is 39.6 Å². The fraction of sp³-hybridized carbons (Fsp3) is 0.343. The Labute approximate surface area is 267 Å². The molecule has 6 rings (SSSR count). The molecule has 1 atom stereocenters. The van der Waals surface area contributed by atoms with Crippen LogP contribution in [0.2, 0.25) is 5.02 Å². The van der Waals surface area contributed by atoms with E-state index in [-0.39, 0.29) is 38.2 Å². The smallest absolute Gasteiger partial charge is 0.336 e. The van der Waals surface area contributed by atoms with E-state index in [4.69, 9.17) is 25.8 Å². The maximum Gasteiger partial charge on any atom is 0.336 e. The highest BCUT2D eigenvalue weighted by atomic mass is 35.5. The molecule has 9 nitrogen and oxygen atoms in total. The normalized spacial score (nSPS) is 18.4. The van der Waals surface area contributed by atoms with Crippen LogP contribution in [0.3, 0.4) is 0 Å².